The SMILES string of the molecule is O=C(NCC1CCCC1)c1cccc(N2CCCS2(=O)=O)c1. The molecule has 0 aromatic heterocycles. The zero-order valence-electron chi connectivity index (χ0n) is 12.6. The topological polar surface area (TPSA) is 66.5 Å². The van der Waals surface area contributed by atoms with Crippen molar-refractivity contribution in [1.82, 2.24) is 5.32 Å². The van der Waals surface area contributed by atoms with E-state index in [2.05, 4.69) is 5.32 Å². The van der Waals surface area contributed by atoms with Gasteiger partial charge >= 0.3 is 0 Å². The van der Waals surface area contributed by atoms with E-state index in [-0.39, 0.29) is 11.7 Å². The number of nitrogens with one attached hydrogen (secondary N) is 1. The zero-order valence-corrected chi connectivity index (χ0v) is 13.4. The number of nitrogens with zero attached hydrogens (tertiary/aromatic N) is 1. The first-order valence-electron chi connectivity index (χ1n) is 7.95. The Morgan fingerprint density at radius 3 is 2.68 bits per heavy atom. The third-order valence-electron chi connectivity index (χ3n) is 4.52. The summed E-state index contributed by atoms with van der Waals surface area (Å²) in [5.41, 5.74) is 1.11. The molecule has 120 valence electrons. The van der Waals surface area contributed by atoms with E-state index >= 15 is 0 Å². The Morgan fingerprint density at radius 1 is 1.23 bits per heavy atom. The van der Waals surface area contributed by atoms with E-state index in [1.165, 1.54) is 30.0 Å². The molecule has 1 amide bonds. The number of anilines is 1. The lowest BCUT2D eigenvalue weighted by molar-refractivity contribution is 0.0947. The van der Waals surface area contributed by atoms with Crippen LogP contribution in [0.3, 0.4) is 0 Å². The third kappa shape index (κ3) is 3.27. The van der Waals surface area contributed by atoms with Crippen LogP contribution in [0.4, 0.5) is 5.69 Å². The predicted octanol–water partition coefficient (Wildman–Crippen LogP) is 2.15. The third-order valence-corrected chi connectivity index (χ3v) is 6.39. The van der Waals surface area contributed by atoms with Crippen molar-refractivity contribution in [2.45, 2.75) is 32.1 Å². The molecule has 2 aliphatic rings. The highest BCUT2D eigenvalue weighted by Gasteiger charge is 2.28. The quantitative estimate of drug-likeness (QED) is 0.923. The number of sulfonamides is 1. The van der Waals surface area contributed by atoms with Crippen LogP contribution in [0.25, 0.3) is 0 Å². The molecule has 3 rings (SSSR count). The van der Waals surface area contributed by atoms with E-state index in [1.807, 2.05) is 0 Å². The first-order chi connectivity index (χ1) is 10.6. The van der Waals surface area contributed by atoms with Crippen LogP contribution in [0, 0.1) is 5.92 Å². The summed E-state index contributed by atoms with van der Waals surface area (Å²) in [6.45, 7) is 1.21. The van der Waals surface area contributed by atoms with Crippen molar-refractivity contribution in [3.8, 4) is 0 Å². The first-order valence-corrected chi connectivity index (χ1v) is 9.56. The molecule has 1 saturated heterocycles. The van der Waals surface area contributed by atoms with Gasteiger partial charge in [0, 0.05) is 18.7 Å². The van der Waals surface area contributed by atoms with Crippen molar-refractivity contribution in [2.24, 2.45) is 5.92 Å². The summed E-state index contributed by atoms with van der Waals surface area (Å²) in [7, 11) is -3.21. The fourth-order valence-electron chi connectivity index (χ4n) is 3.29. The number of carbonyl (C=O) groups is 1. The van der Waals surface area contributed by atoms with Crippen LogP contribution in [-0.2, 0) is 10.0 Å². The van der Waals surface area contributed by atoms with E-state index < -0.39 is 10.0 Å². The van der Waals surface area contributed by atoms with Gasteiger partial charge in [-0.3, -0.25) is 9.10 Å². The summed E-state index contributed by atoms with van der Waals surface area (Å²) in [4.78, 5) is 12.3. The summed E-state index contributed by atoms with van der Waals surface area (Å²) < 4.78 is 25.3. The second kappa shape index (κ2) is 6.28. The maximum absolute atomic E-state index is 12.3. The van der Waals surface area contributed by atoms with Crippen LogP contribution in [0.2, 0.25) is 0 Å². The Hall–Kier alpha value is -1.56. The number of hydrogen-bond acceptors (Lipinski definition) is 3. The van der Waals surface area contributed by atoms with Gasteiger partial charge in [-0.1, -0.05) is 18.9 Å². The van der Waals surface area contributed by atoms with Crippen LogP contribution >= 0.6 is 0 Å². The normalized spacial score (nSPS) is 21.2. The molecule has 0 radical (unpaired) electrons. The van der Waals surface area contributed by atoms with Gasteiger partial charge in [-0.25, -0.2) is 8.42 Å². The van der Waals surface area contributed by atoms with Gasteiger partial charge < -0.3 is 5.32 Å². The maximum Gasteiger partial charge on any atom is 0.251 e. The highest BCUT2D eigenvalue weighted by molar-refractivity contribution is 7.93. The zero-order chi connectivity index (χ0) is 15.6. The molecule has 1 saturated carbocycles. The molecular weight excluding hydrogens is 300 g/mol. The van der Waals surface area contributed by atoms with E-state index in [1.54, 1.807) is 24.3 Å². The highest BCUT2D eigenvalue weighted by atomic mass is 32.2. The molecule has 0 unspecified atom stereocenters. The first kappa shape index (κ1) is 15.3. The van der Waals surface area contributed by atoms with Gasteiger partial charge in [0.1, 0.15) is 0 Å². The molecule has 1 N–H and O–H groups in total. The summed E-state index contributed by atoms with van der Waals surface area (Å²) in [5.74, 6) is 0.655. The van der Waals surface area contributed by atoms with Crippen molar-refractivity contribution in [3.63, 3.8) is 0 Å². The molecule has 6 heteroatoms. The van der Waals surface area contributed by atoms with Gasteiger partial charge in [-0.15, -0.1) is 0 Å². The minimum Gasteiger partial charge on any atom is -0.352 e. The van der Waals surface area contributed by atoms with Crippen LogP contribution in [0.15, 0.2) is 24.3 Å². The van der Waals surface area contributed by atoms with Crippen molar-refractivity contribution in [2.75, 3.05) is 23.1 Å². The van der Waals surface area contributed by atoms with E-state index in [9.17, 15) is 13.2 Å². The number of hydrogen-bond donors (Lipinski definition) is 1. The minimum atomic E-state index is -3.21. The average Bonchev–Trinajstić information content (AvgIpc) is 3.13. The van der Waals surface area contributed by atoms with Crippen LogP contribution in [0.1, 0.15) is 42.5 Å². The summed E-state index contributed by atoms with van der Waals surface area (Å²) in [6, 6.07) is 6.90. The molecule has 22 heavy (non-hydrogen) atoms. The lowest BCUT2D eigenvalue weighted by Gasteiger charge is -2.17. The second-order valence-electron chi connectivity index (χ2n) is 6.15. The molecular formula is C16H22N2O3S. The van der Waals surface area contributed by atoms with E-state index in [0.29, 0.717) is 36.7 Å². The Labute approximate surface area is 131 Å². The summed E-state index contributed by atoms with van der Waals surface area (Å²) >= 11 is 0. The van der Waals surface area contributed by atoms with Crippen molar-refractivity contribution in [1.29, 1.82) is 0 Å². The molecule has 0 spiro atoms. The van der Waals surface area contributed by atoms with Crippen molar-refractivity contribution < 1.29 is 13.2 Å². The summed E-state index contributed by atoms with van der Waals surface area (Å²) in [5, 5.41) is 2.97. The van der Waals surface area contributed by atoms with E-state index in [0.717, 1.165) is 0 Å². The maximum atomic E-state index is 12.3. The van der Waals surface area contributed by atoms with Gasteiger partial charge in [-0.2, -0.15) is 0 Å². The fraction of sp³-hybridized carbons (Fsp3) is 0.562. The van der Waals surface area contributed by atoms with Crippen LogP contribution in [0.5, 0.6) is 0 Å². The van der Waals surface area contributed by atoms with Crippen LogP contribution in [-0.4, -0.2) is 33.2 Å². The Balaban J connectivity index is 1.69. The second-order valence-corrected chi connectivity index (χ2v) is 8.17. The van der Waals surface area contributed by atoms with Gasteiger partial charge in [0.25, 0.3) is 5.91 Å². The molecule has 0 bridgehead atoms. The highest BCUT2D eigenvalue weighted by Crippen LogP contribution is 2.25. The number of carbonyl (C=O) groups excluding carboxylic acids is 1. The van der Waals surface area contributed by atoms with Crippen LogP contribution < -0.4 is 9.62 Å². The molecule has 1 aromatic carbocycles. The molecule has 0 atom stereocenters. The van der Waals surface area contributed by atoms with Crippen molar-refractivity contribution in [3.05, 3.63) is 29.8 Å². The number of rotatable bonds is 4. The van der Waals surface area contributed by atoms with Gasteiger partial charge in [0.2, 0.25) is 10.0 Å². The monoisotopic (exact) mass is 322 g/mol. The molecule has 5 nitrogen and oxygen atoms in total. The Bertz CT molecular complexity index is 651. The molecule has 1 aromatic rings. The lowest BCUT2D eigenvalue weighted by Crippen LogP contribution is -2.29. The van der Waals surface area contributed by atoms with Gasteiger partial charge in [0.05, 0.1) is 11.4 Å². The number of amides is 1. The van der Waals surface area contributed by atoms with Gasteiger partial charge in [0.15, 0.2) is 0 Å². The van der Waals surface area contributed by atoms with Crippen molar-refractivity contribution >= 4 is 21.6 Å². The largest absolute Gasteiger partial charge is 0.352 e. The molecule has 2 fully saturated rings. The predicted molar refractivity (Wildman–Crippen MR) is 86.5 cm³/mol. The standard InChI is InChI=1S/C16H22N2O3S/c19-16(17-12-13-5-1-2-6-13)14-7-3-8-15(11-14)18-9-4-10-22(18,20)21/h3,7-8,11,13H,1-2,4-6,9-10,12H2,(H,17,19). The Kier molecular flexibility index (Phi) is 4.38. The molecule has 1 aliphatic carbocycles. The smallest absolute Gasteiger partial charge is 0.251 e. The minimum absolute atomic E-state index is 0.120. The lowest BCUT2D eigenvalue weighted by atomic mass is 10.1. The van der Waals surface area contributed by atoms with E-state index in [4.69, 9.17) is 0 Å². The summed E-state index contributed by atoms with van der Waals surface area (Å²) in [6.07, 6.45) is 5.52. The Morgan fingerprint density at radius 2 is 2.00 bits per heavy atom. The molecule has 1 heterocycles. The molecule has 1 aliphatic heterocycles. The van der Waals surface area contributed by atoms with Gasteiger partial charge in [-0.05, 0) is 43.4 Å². The number of benzene rings is 1. The average molecular weight is 322 g/mol. The fourth-order valence-corrected chi connectivity index (χ4v) is 4.84.